The Morgan fingerprint density at radius 1 is 1.32 bits per heavy atom. The number of hydrogen-bond acceptors (Lipinski definition) is 4. The number of rotatable bonds is 7. The first-order valence-electron chi connectivity index (χ1n) is 8.66. The summed E-state index contributed by atoms with van der Waals surface area (Å²) in [6.45, 7) is 8.52. The van der Waals surface area contributed by atoms with E-state index in [1.54, 1.807) is 18.7 Å². The summed E-state index contributed by atoms with van der Waals surface area (Å²) >= 11 is 2.81. The molecule has 6 heteroatoms. The molecule has 0 aromatic heterocycles. The fourth-order valence-corrected chi connectivity index (χ4v) is 3.47. The van der Waals surface area contributed by atoms with Crippen LogP contribution in [0.1, 0.15) is 33.3 Å². The number of amides is 1. The number of carbonyl (C=O) groups is 1. The maximum absolute atomic E-state index is 12.9. The van der Waals surface area contributed by atoms with E-state index in [1.165, 1.54) is 0 Å². The molecule has 1 aromatic rings. The van der Waals surface area contributed by atoms with Crippen LogP contribution in [0.2, 0.25) is 0 Å². The van der Waals surface area contributed by atoms with Gasteiger partial charge in [-0.15, -0.1) is 0 Å². The number of ether oxygens (including phenoxy) is 2. The van der Waals surface area contributed by atoms with Gasteiger partial charge in [-0.3, -0.25) is 0 Å². The molecule has 1 aliphatic heterocycles. The van der Waals surface area contributed by atoms with Gasteiger partial charge in [-0.25, -0.2) is 0 Å². The second kappa shape index (κ2) is 8.95. The van der Waals surface area contributed by atoms with Crippen molar-refractivity contribution in [3.63, 3.8) is 0 Å². The summed E-state index contributed by atoms with van der Waals surface area (Å²) in [7, 11) is 0. The second-order valence-electron chi connectivity index (χ2n) is 6.88. The summed E-state index contributed by atoms with van der Waals surface area (Å²) in [5.74, 6) is -0.462. The molecule has 0 radical (unpaired) electrons. The molecule has 1 heterocycles. The Hall–Kier alpha value is -1.20. The fraction of sp³-hybridized carbons (Fsp3) is 0.579. The van der Waals surface area contributed by atoms with Gasteiger partial charge in [0.15, 0.2) is 0 Å². The van der Waals surface area contributed by atoms with E-state index in [9.17, 15) is 9.90 Å². The molecule has 0 aliphatic carbocycles. The van der Waals surface area contributed by atoms with Crippen LogP contribution in [0.4, 0.5) is 0 Å². The van der Waals surface area contributed by atoms with Crippen LogP contribution in [0.15, 0.2) is 30.3 Å². The Kier molecular flexibility index (Phi) is 7.20. The van der Waals surface area contributed by atoms with Crippen molar-refractivity contribution in [2.45, 2.75) is 52.6 Å². The Bertz CT molecular complexity index is 592. The number of hydrogen-bond donors (Lipinski definition) is 1. The third kappa shape index (κ3) is 4.91. The maximum atomic E-state index is 12.9. The Morgan fingerprint density at radius 2 is 1.96 bits per heavy atom. The van der Waals surface area contributed by atoms with Crippen LogP contribution >= 0.6 is 0 Å². The third-order valence-electron chi connectivity index (χ3n) is 4.65. The van der Waals surface area contributed by atoms with E-state index in [-0.39, 0.29) is 17.9 Å². The van der Waals surface area contributed by atoms with Gasteiger partial charge >= 0.3 is 157 Å². The summed E-state index contributed by atoms with van der Waals surface area (Å²) in [5, 5.41) is 10.6. The molecule has 1 fully saturated rings. The van der Waals surface area contributed by atoms with Crippen LogP contribution in [-0.4, -0.2) is 61.1 Å². The zero-order chi connectivity index (χ0) is 18.6. The first-order valence-corrected chi connectivity index (χ1v) is 9.52. The van der Waals surface area contributed by atoms with Crippen molar-refractivity contribution in [3.05, 3.63) is 35.9 Å². The minimum atomic E-state index is -0.891. The Balaban J connectivity index is 1.96. The molecule has 0 saturated carbocycles. The Morgan fingerprint density at radius 3 is 2.56 bits per heavy atom. The van der Waals surface area contributed by atoms with Crippen LogP contribution in [0.5, 0.6) is 0 Å². The summed E-state index contributed by atoms with van der Waals surface area (Å²) in [6.07, 6.45) is -1.35. The molecule has 1 unspecified atom stereocenters. The number of aliphatic hydroxyl groups excluding tert-OH is 1. The zero-order valence-corrected chi connectivity index (χ0v) is 16.9. The molecule has 4 atom stereocenters. The van der Waals surface area contributed by atoms with Gasteiger partial charge in [0.2, 0.25) is 0 Å². The van der Waals surface area contributed by atoms with E-state index in [4.69, 9.17) is 9.47 Å². The van der Waals surface area contributed by atoms with E-state index in [2.05, 4.69) is 29.4 Å². The van der Waals surface area contributed by atoms with Crippen molar-refractivity contribution in [3.8, 4) is 0 Å². The minimum absolute atomic E-state index is 0.0149. The summed E-state index contributed by atoms with van der Waals surface area (Å²) in [5.41, 5.74) is 1.03. The average molecular weight is 412 g/mol. The monoisotopic (exact) mass is 413 g/mol. The number of carbonyl (C=O) groups excluding carboxylic acids is 1. The topological polar surface area (TPSA) is 59.0 Å². The van der Waals surface area contributed by atoms with E-state index < -0.39 is 18.1 Å². The second-order valence-corrected chi connectivity index (χ2v) is 7.61. The number of nitrogens with zero attached hydrogens (tertiary/aromatic N) is 1. The van der Waals surface area contributed by atoms with Crippen molar-refractivity contribution in [1.29, 1.82) is 0 Å². The van der Waals surface area contributed by atoms with E-state index in [0.717, 1.165) is 5.56 Å². The zero-order valence-electron chi connectivity index (χ0n) is 15.2. The van der Waals surface area contributed by atoms with Gasteiger partial charge in [0.05, 0.1) is 0 Å². The molecule has 1 saturated heterocycles. The van der Waals surface area contributed by atoms with Crippen molar-refractivity contribution >= 4 is 26.2 Å². The molecule has 0 spiro atoms. The molecule has 1 aromatic carbocycles. The van der Waals surface area contributed by atoms with Crippen molar-refractivity contribution in [1.82, 2.24) is 4.90 Å². The van der Waals surface area contributed by atoms with Gasteiger partial charge in [0.1, 0.15) is 0 Å². The molecule has 1 amide bonds. The van der Waals surface area contributed by atoms with Crippen LogP contribution in [0.3, 0.4) is 0 Å². The standard InChI is InChI=1S/C19H27NO4Se/c1-12(2)16-11-24-19(25)20(16)18(22)13(3)17(21)14(4)23-10-15-8-6-5-7-9-15/h5-9,12-14,16-17,21H,10-11H2,1-4H3/t13-,14?,16-,17-/m1/s1. The summed E-state index contributed by atoms with van der Waals surface area (Å²) in [4.78, 5) is 14.5. The van der Waals surface area contributed by atoms with Crippen molar-refractivity contribution < 1.29 is 19.4 Å². The van der Waals surface area contributed by atoms with Crippen molar-refractivity contribution in [2.24, 2.45) is 11.8 Å². The molecule has 1 N–H and O–H groups in total. The van der Waals surface area contributed by atoms with Gasteiger partial charge in [0.25, 0.3) is 0 Å². The van der Waals surface area contributed by atoms with Crippen molar-refractivity contribution in [2.75, 3.05) is 6.61 Å². The average Bonchev–Trinajstić information content (AvgIpc) is 3.00. The normalized spacial score (nSPS) is 21.1. The van der Waals surface area contributed by atoms with Crippen LogP contribution in [0.25, 0.3) is 0 Å². The van der Waals surface area contributed by atoms with Crippen LogP contribution in [-0.2, 0) is 20.9 Å². The fourth-order valence-electron chi connectivity index (χ4n) is 2.85. The molecule has 1 aliphatic rings. The van der Waals surface area contributed by atoms with Gasteiger partial charge in [-0.2, -0.15) is 0 Å². The quantitative estimate of drug-likeness (QED) is 0.693. The third-order valence-corrected chi connectivity index (χ3v) is 5.31. The van der Waals surface area contributed by atoms with Crippen LogP contribution in [0, 0.1) is 11.8 Å². The molecule has 5 nitrogen and oxygen atoms in total. The molecular weight excluding hydrogens is 385 g/mol. The van der Waals surface area contributed by atoms with E-state index in [0.29, 0.717) is 17.9 Å². The van der Waals surface area contributed by atoms with Crippen LogP contribution < -0.4 is 0 Å². The summed E-state index contributed by atoms with van der Waals surface area (Å²) < 4.78 is 11.8. The SMILES string of the molecule is CC(C)[C@H]1COC(=[Se])N1C(=O)[C@H](C)[C@@H](O)C(C)OCc1ccccc1. The molecule has 138 valence electrons. The molecule has 0 bridgehead atoms. The van der Waals surface area contributed by atoms with Gasteiger partial charge in [-0.05, 0) is 0 Å². The molecule has 25 heavy (non-hydrogen) atoms. The van der Waals surface area contributed by atoms with E-state index >= 15 is 0 Å². The van der Waals surface area contributed by atoms with Gasteiger partial charge < -0.3 is 0 Å². The van der Waals surface area contributed by atoms with Gasteiger partial charge in [-0.1, -0.05) is 0 Å². The number of aliphatic hydroxyl groups is 1. The van der Waals surface area contributed by atoms with E-state index in [1.807, 2.05) is 30.3 Å². The Labute approximate surface area is 157 Å². The van der Waals surface area contributed by atoms with Gasteiger partial charge in [0, 0.05) is 0 Å². The predicted octanol–water partition coefficient (Wildman–Crippen LogP) is 1.73. The molecular formula is C19H27NO4Se. The predicted molar refractivity (Wildman–Crippen MR) is 98.0 cm³/mol. The summed E-state index contributed by atoms with van der Waals surface area (Å²) in [6, 6.07) is 9.76. The molecule has 2 rings (SSSR count). The first-order chi connectivity index (χ1) is 11.8. The first kappa shape index (κ1) is 20.1. The number of benzene rings is 1.